The molecule has 0 amide bonds. The van der Waals surface area contributed by atoms with Crippen molar-refractivity contribution in [3.05, 3.63) is 21.9 Å². The van der Waals surface area contributed by atoms with Crippen LogP contribution < -0.4 is 14.9 Å². The highest BCUT2D eigenvalue weighted by molar-refractivity contribution is 5.71. The van der Waals surface area contributed by atoms with Crippen molar-refractivity contribution in [2.24, 2.45) is 0 Å². The number of hydrogen-bond acceptors (Lipinski definition) is 4. The minimum Gasteiger partial charge on any atom is -0.482 e. The molecule has 2 N–H and O–H groups in total. The molecule has 0 unspecified atom stereocenters. The third kappa shape index (κ3) is 3.68. The molecule has 6 nitrogen and oxygen atoms in total. The summed E-state index contributed by atoms with van der Waals surface area (Å²) in [6.07, 6.45) is -5.95. The van der Waals surface area contributed by atoms with E-state index >= 15 is 0 Å². The number of hydrogen-bond donors (Lipinski definition) is 2. The van der Waals surface area contributed by atoms with Crippen molar-refractivity contribution < 1.29 is 32.5 Å². The summed E-state index contributed by atoms with van der Waals surface area (Å²) in [5, 5.41) is 8.52. The summed E-state index contributed by atoms with van der Waals surface area (Å²) in [5.74, 6) is -2.72. The maximum atomic E-state index is 12.1. The lowest BCUT2D eigenvalue weighted by molar-refractivity contribution is -0.276. The highest BCUT2D eigenvalue weighted by Gasteiger charge is 2.33. The predicted octanol–water partition coefficient (Wildman–Crippen LogP) is 0.909. The summed E-state index contributed by atoms with van der Waals surface area (Å²) in [6.45, 7) is 0. The van der Waals surface area contributed by atoms with Gasteiger partial charge in [0.2, 0.25) is 5.88 Å². The number of rotatable bonds is 4. The first-order valence-electron chi connectivity index (χ1n) is 4.50. The molecule has 0 aliphatic carbocycles. The van der Waals surface area contributed by atoms with Crippen molar-refractivity contribution in [1.82, 2.24) is 4.98 Å². The normalized spacial score (nSPS) is 11.1. The summed E-state index contributed by atoms with van der Waals surface area (Å²) in [6, 6.07) is 0.835. The van der Waals surface area contributed by atoms with Crippen molar-refractivity contribution in [3.8, 4) is 11.8 Å². The van der Waals surface area contributed by atoms with E-state index in [1.165, 1.54) is 0 Å². The Balaban J connectivity index is 3.29. The van der Waals surface area contributed by atoms with Crippen LogP contribution in [0.25, 0.3) is 0 Å². The third-order valence-corrected chi connectivity index (χ3v) is 1.84. The molecule has 100 valence electrons. The van der Waals surface area contributed by atoms with Gasteiger partial charge in [-0.1, -0.05) is 0 Å². The Kier molecular flexibility index (Phi) is 3.84. The number of halogens is 3. The van der Waals surface area contributed by atoms with E-state index in [-0.39, 0.29) is 5.88 Å². The van der Waals surface area contributed by atoms with Crippen LogP contribution in [0.3, 0.4) is 0 Å². The fraction of sp³-hybridized carbons (Fsp3) is 0.333. The first-order chi connectivity index (χ1) is 8.23. The topological polar surface area (TPSA) is 88.6 Å². The molecule has 1 aromatic rings. The lowest BCUT2D eigenvalue weighted by atomic mass is 10.2. The molecule has 0 aliphatic rings. The number of carbonyl (C=O) groups is 1. The molecule has 18 heavy (non-hydrogen) atoms. The molecule has 0 saturated heterocycles. The molecule has 0 radical (unpaired) electrons. The Morgan fingerprint density at radius 1 is 1.50 bits per heavy atom. The fourth-order valence-corrected chi connectivity index (χ4v) is 1.17. The van der Waals surface area contributed by atoms with Gasteiger partial charge in [0.1, 0.15) is 0 Å². The van der Waals surface area contributed by atoms with Gasteiger partial charge in [-0.2, -0.15) is 0 Å². The molecule has 1 rings (SSSR count). The van der Waals surface area contributed by atoms with Gasteiger partial charge in [0.25, 0.3) is 0 Å². The number of aromatic nitrogens is 1. The van der Waals surface area contributed by atoms with Gasteiger partial charge in [0.05, 0.1) is 19.1 Å². The van der Waals surface area contributed by atoms with Crippen molar-refractivity contribution in [1.29, 1.82) is 0 Å². The number of carboxylic acid groups (broad SMARTS) is 1. The third-order valence-electron chi connectivity index (χ3n) is 1.84. The lowest BCUT2D eigenvalue weighted by Gasteiger charge is -2.12. The zero-order valence-electron chi connectivity index (χ0n) is 9.00. The standard InChI is InChI=1S/C9H8F3NO5/c1-17-6-3-5(14)4(2-7(15)16)8(13-6)18-9(10,11)12/h3H,2H2,1H3,(H,13,14)(H,15,16). The van der Waals surface area contributed by atoms with E-state index in [2.05, 4.69) is 9.47 Å². The Labute approximate surface area is 98.0 Å². The summed E-state index contributed by atoms with van der Waals surface area (Å²) < 4.78 is 44.4. The molecule has 0 saturated carbocycles. The van der Waals surface area contributed by atoms with E-state index in [1.54, 1.807) is 0 Å². The molecule has 0 spiro atoms. The van der Waals surface area contributed by atoms with Crippen molar-refractivity contribution in [3.63, 3.8) is 0 Å². The van der Waals surface area contributed by atoms with Gasteiger partial charge in [-0.3, -0.25) is 14.6 Å². The van der Waals surface area contributed by atoms with E-state index < -0.39 is 35.6 Å². The number of methoxy groups -OCH3 is 1. The molecule has 1 aromatic heterocycles. The minimum absolute atomic E-state index is 0.270. The zero-order chi connectivity index (χ0) is 13.9. The SMILES string of the molecule is COc1cc(=O)c(CC(=O)O)c(OC(F)(F)F)[nH]1. The van der Waals surface area contributed by atoms with Crippen LogP contribution >= 0.6 is 0 Å². The molecule has 9 heteroatoms. The van der Waals surface area contributed by atoms with Crippen molar-refractivity contribution >= 4 is 5.97 Å². The van der Waals surface area contributed by atoms with E-state index in [9.17, 15) is 22.8 Å². The Hall–Kier alpha value is -2.19. The molecule has 0 fully saturated rings. The summed E-state index contributed by atoms with van der Waals surface area (Å²) in [7, 11) is 1.12. The number of ether oxygens (including phenoxy) is 2. The number of aromatic amines is 1. The lowest BCUT2D eigenvalue weighted by Crippen LogP contribution is -2.23. The number of H-pyrrole nitrogens is 1. The van der Waals surface area contributed by atoms with E-state index in [0.717, 1.165) is 13.2 Å². The Bertz CT molecular complexity index is 508. The first kappa shape index (κ1) is 13.9. The molecule has 0 bridgehead atoms. The van der Waals surface area contributed by atoms with Gasteiger partial charge in [0.15, 0.2) is 11.3 Å². The fourth-order valence-electron chi connectivity index (χ4n) is 1.17. The van der Waals surface area contributed by atoms with Gasteiger partial charge in [-0.25, -0.2) is 0 Å². The number of aliphatic carboxylic acids is 1. The Morgan fingerprint density at radius 3 is 2.56 bits per heavy atom. The Morgan fingerprint density at radius 2 is 2.11 bits per heavy atom. The van der Waals surface area contributed by atoms with Gasteiger partial charge in [-0.15, -0.1) is 13.2 Å². The van der Waals surface area contributed by atoms with E-state index in [0.29, 0.717) is 0 Å². The molecule has 0 aromatic carbocycles. The van der Waals surface area contributed by atoms with Crippen LogP contribution in [0.4, 0.5) is 13.2 Å². The van der Waals surface area contributed by atoms with Crippen molar-refractivity contribution in [2.45, 2.75) is 12.8 Å². The van der Waals surface area contributed by atoms with Crippen molar-refractivity contribution in [2.75, 3.05) is 7.11 Å². The number of carboxylic acids is 1. The van der Waals surface area contributed by atoms with Crippen LogP contribution in [0.2, 0.25) is 0 Å². The molecular formula is C9H8F3NO5. The molecule has 0 atom stereocenters. The molecule has 1 heterocycles. The van der Waals surface area contributed by atoms with Gasteiger partial charge >= 0.3 is 12.3 Å². The van der Waals surface area contributed by atoms with Gasteiger partial charge < -0.3 is 14.6 Å². The summed E-state index contributed by atoms with van der Waals surface area (Å²) in [5.41, 5.74) is -1.56. The maximum absolute atomic E-state index is 12.1. The van der Waals surface area contributed by atoms with E-state index in [4.69, 9.17) is 5.11 Å². The first-order valence-corrected chi connectivity index (χ1v) is 4.50. The summed E-state index contributed by atoms with van der Waals surface area (Å²) in [4.78, 5) is 23.9. The van der Waals surface area contributed by atoms with Crippen LogP contribution in [0.15, 0.2) is 10.9 Å². The average Bonchev–Trinajstić information content (AvgIpc) is 2.20. The second kappa shape index (κ2) is 4.98. The number of pyridine rings is 1. The van der Waals surface area contributed by atoms with Crippen LogP contribution in [0.5, 0.6) is 11.8 Å². The molecular weight excluding hydrogens is 259 g/mol. The number of alkyl halides is 3. The zero-order valence-corrected chi connectivity index (χ0v) is 9.00. The maximum Gasteiger partial charge on any atom is 0.574 e. The van der Waals surface area contributed by atoms with Gasteiger partial charge in [0, 0.05) is 6.07 Å². The number of nitrogens with one attached hydrogen (secondary N) is 1. The second-order valence-electron chi connectivity index (χ2n) is 3.13. The highest BCUT2D eigenvalue weighted by atomic mass is 19.4. The minimum atomic E-state index is -5.05. The average molecular weight is 267 g/mol. The predicted molar refractivity (Wildman–Crippen MR) is 51.6 cm³/mol. The van der Waals surface area contributed by atoms with E-state index in [1.807, 2.05) is 4.98 Å². The smallest absolute Gasteiger partial charge is 0.482 e. The van der Waals surface area contributed by atoms with Crippen LogP contribution in [-0.2, 0) is 11.2 Å². The quantitative estimate of drug-likeness (QED) is 0.846. The van der Waals surface area contributed by atoms with Crippen LogP contribution in [0, 0.1) is 0 Å². The van der Waals surface area contributed by atoms with Gasteiger partial charge in [-0.05, 0) is 0 Å². The second-order valence-corrected chi connectivity index (χ2v) is 3.13. The van der Waals surface area contributed by atoms with Crippen LogP contribution in [-0.4, -0.2) is 29.5 Å². The van der Waals surface area contributed by atoms with Crippen LogP contribution in [0.1, 0.15) is 5.56 Å². The molecule has 0 aliphatic heterocycles. The monoisotopic (exact) mass is 267 g/mol. The summed E-state index contributed by atoms with van der Waals surface area (Å²) >= 11 is 0. The highest BCUT2D eigenvalue weighted by Crippen LogP contribution is 2.24. The largest absolute Gasteiger partial charge is 0.574 e.